The molecule has 0 unspecified atom stereocenters. The number of rotatable bonds is 11. The lowest BCUT2D eigenvalue weighted by Gasteiger charge is -2.08. The van der Waals surface area contributed by atoms with Gasteiger partial charge in [-0.05, 0) is 65.7 Å². The van der Waals surface area contributed by atoms with Crippen molar-refractivity contribution >= 4 is 18.0 Å². The van der Waals surface area contributed by atoms with Gasteiger partial charge in [0.1, 0.15) is 12.4 Å². The van der Waals surface area contributed by atoms with Gasteiger partial charge < -0.3 is 4.74 Å². The molecule has 2 aromatic carbocycles. The lowest BCUT2D eigenvalue weighted by molar-refractivity contribution is -0.0328. The zero-order valence-corrected chi connectivity index (χ0v) is 16.9. The monoisotopic (exact) mass is 409 g/mol. The second kappa shape index (κ2) is 11.8. The first-order valence-corrected chi connectivity index (χ1v) is 10.4. The van der Waals surface area contributed by atoms with Crippen molar-refractivity contribution in [3.63, 3.8) is 0 Å². The Morgan fingerprint density at radius 2 is 1.61 bits per heavy atom. The van der Waals surface area contributed by atoms with Gasteiger partial charge in [0.25, 0.3) is 0 Å². The van der Waals surface area contributed by atoms with Crippen LogP contribution in [-0.4, -0.2) is 18.3 Å². The SMILES string of the molecule is CCCCCCCN=Cc1ccc(OCc2ccc(SC(F)(F)F)cc2)cc1. The molecule has 2 aromatic rings. The predicted molar refractivity (Wildman–Crippen MR) is 110 cm³/mol. The Morgan fingerprint density at radius 1 is 0.929 bits per heavy atom. The van der Waals surface area contributed by atoms with E-state index in [-0.39, 0.29) is 16.7 Å². The second-order valence-corrected chi connectivity index (χ2v) is 7.64. The van der Waals surface area contributed by atoms with Crippen LogP contribution in [0.1, 0.15) is 50.2 Å². The average Bonchev–Trinajstić information content (AvgIpc) is 2.66. The van der Waals surface area contributed by atoms with Gasteiger partial charge in [-0.25, -0.2) is 0 Å². The molecule has 0 atom stereocenters. The van der Waals surface area contributed by atoms with Crippen LogP contribution >= 0.6 is 11.8 Å². The molecule has 0 aromatic heterocycles. The minimum Gasteiger partial charge on any atom is -0.489 e. The molecule has 0 aliphatic heterocycles. The molecule has 2 rings (SSSR count). The first kappa shape index (κ1) is 22.3. The number of ether oxygens (including phenoxy) is 1. The topological polar surface area (TPSA) is 21.6 Å². The van der Waals surface area contributed by atoms with Gasteiger partial charge in [-0.3, -0.25) is 4.99 Å². The van der Waals surface area contributed by atoms with Crippen molar-refractivity contribution < 1.29 is 17.9 Å². The zero-order chi connectivity index (χ0) is 20.2. The van der Waals surface area contributed by atoms with Gasteiger partial charge >= 0.3 is 5.51 Å². The number of nitrogens with zero attached hydrogens (tertiary/aromatic N) is 1. The van der Waals surface area contributed by atoms with E-state index in [1.165, 1.54) is 37.8 Å². The smallest absolute Gasteiger partial charge is 0.446 e. The second-order valence-electron chi connectivity index (χ2n) is 6.50. The van der Waals surface area contributed by atoms with Crippen LogP contribution in [0.25, 0.3) is 0 Å². The van der Waals surface area contributed by atoms with Crippen LogP contribution in [0.5, 0.6) is 5.75 Å². The van der Waals surface area contributed by atoms with E-state index >= 15 is 0 Å². The van der Waals surface area contributed by atoms with E-state index in [0.717, 1.165) is 24.1 Å². The lowest BCUT2D eigenvalue weighted by atomic mass is 10.1. The van der Waals surface area contributed by atoms with Gasteiger partial charge in [0.05, 0.1) is 0 Å². The number of alkyl halides is 3. The summed E-state index contributed by atoms with van der Waals surface area (Å²) < 4.78 is 42.7. The van der Waals surface area contributed by atoms with Gasteiger partial charge in [0.2, 0.25) is 0 Å². The summed E-state index contributed by atoms with van der Waals surface area (Å²) in [6.45, 7) is 3.37. The molecule has 152 valence electrons. The Bertz CT molecular complexity index is 712. The summed E-state index contributed by atoms with van der Waals surface area (Å²) in [6.07, 6.45) is 8.05. The third-order valence-electron chi connectivity index (χ3n) is 4.07. The highest BCUT2D eigenvalue weighted by molar-refractivity contribution is 8.00. The summed E-state index contributed by atoms with van der Waals surface area (Å²) in [5.41, 5.74) is -2.42. The fraction of sp³-hybridized carbons (Fsp3) is 0.409. The molecule has 2 nitrogen and oxygen atoms in total. The van der Waals surface area contributed by atoms with Gasteiger partial charge in [-0.2, -0.15) is 13.2 Å². The van der Waals surface area contributed by atoms with Crippen LogP contribution in [0.2, 0.25) is 0 Å². The summed E-state index contributed by atoms with van der Waals surface area (Å²) >= 11 is -0.115. The van der Waals surface area contributed by atoms with Crippen molar-refractivity contribution in [2.75, 3.05) is 6.54 Å². The molecular formula is C22H26F3NOS. The molecule has 6 heteroatoms. The van der Waals surface area contributed by atoms with Crippen molar-refractivity contribution in [3.8, 4) is 5.75 Å². The molecule has 0 saturated carbocycles. The standard InChI is InChI=1S/C22H26F3NOS/c1-2-3-4-5-6-15-26-16-18-7-11-20(12-8-18)27-17-19-9-13-21(14-10-19)28-22(23,24)25/h7-14,16H,2-6,15,17H2,1H3. The number of hydrogen-bond acceptors (Lipinski definition) is 3. The maximum Gasteiger partial charge on any atom is 0.446 e. The van der Waals surface area contributed by atoms with Crippen molar-refractivity contribution in [3.05, 3.63) is 59.7 Å². The van der Waals surface area contributed by atoms with Crippen molar-refractivity contribution in [2.45, 2.75) is 56.0 Å². The number of halogens is 3. The molecule has 0 aliphatic carbocycles. The van der Waals surface area contributed by atoms with Crippen LogP contribution in [0.4, 0.5) is 13.2 Å². The highest BCUT2D eigenvalue weighted by Crippen LogP contribution is 2.36. The number of thioether (sulfide) groups is 1. The van der Waals surface area contributed by atoms with E-state index in [9.17, 15) is 13.2 Å². The third kappa shape index (κ3) is 9.31. The highest BCUT2D eigenvalue weighted by atomic mass is 32.2. The van der Waals surface area contributed by atoms with Crippen LogP contribution in [-0.2, 0) is 6.61 Å². The maximum atomic E-state index is 12.3. The fourth-order valence-electron chi connectivity index (χ4n) is 2.58. The molecule has 0 amide bonds. The van der Waals surface area contributed by atoms with Gasteiger partial charge in [-0.1, -0.05) is 44.7 Å². The maximum absolute atomic E-state index is 12.3. The van der Waals surface area contributed by atoms with Crippen molar-refractivity contribution in [1.82, 2.24) is 0 Å². The molecule has 0 radical (unpaired) electrons. The Kier molecular flexibility index (Phi) is 9.41. The van der Waals surface area contributed by atoms with Crippen LogP contribution in [0.15, 0.2) is 58.4 Å². The fourth-order valence-corrected chi connectivity index (χ4v) is 3.12. The van der Waals surface area contributed by atoms with E-state index in [4.69, 9.17) is 4.74 Å². The molecule has 0 saturated heterocycles. The predicted octanol–water partition coefficient (Wildman–Crippen LogP) is 7.27. The Labute approximate surface area is 169 Å². The molecule has 0 fully saturated rings. The molecule has 0 spiro atoms. The van der Waals surface area contributed by atoms with Crippen molar-refractivity contribution in [2.24, 2.45) is 4.99 Å². The van der Waals surface area contributed by atoms with E-state index in [0.29, 0.717) is 12.4 Å². The zero-order valence-electron chi connectivity index (χ0n) is 16.0. The molecule has 0 bridgehead atoms. The van der Waals surface area contributed by atoms with Crippen LogP contribution in [0.3, 0.4) is 0 Å². The molecule has 28 heavy (non-hydrogen) atoms. The lowest BCUT2D eigenvalue weighted by Crippen LogP contribution is -1.99. The van der Waals surface area contributed by atoms with Gasteiger partial charge in [0, 0.05) is 17.7 Å². The summed E-state index contributed by atoms with van der Waals surface area (Å²) in [5, 5.41) is 0. The van der Waals surface area contributed by atoms with E-state index in [2.05, 4.69) is 11.9 Å². The number of benzene rings is 2. The minimum atomic E-state index is -4.27. The number of aliphatic imine (C=N–C) groups is 1. The Morgan fingerprint density at radius 3 is 2.25 bits per heavy atom. The first-order valence-electron chi connectivity index (χ1n) is 9.53. The van der Waals surface area contributed by atoms with E-state index in [1.54, 1.807) is 12.1 Å². The minimum absolute atomic E-state index is 0.115. The van der Waals surface area contributed by atoms with Gasteiger partial charge in [0.15, 0.2) is 0 Å². The molecule has 0 heterocycles. The highest BCUT2D eigenvalue weighted by Gasteiger charge is 2.28. The van der Waals surface area contributed by atoms with Crippen LogP contribution < -0.4 is 4.74 Å². The Hall–Kier alpha value is -1.95. The average molecular weight is 410 g/mol. The number of unbranched alkanes of at least 4 members (excludes halogenated alkanes) is 4. The van der Waals surface area contributed by atoms with Crippen LogP contribution in [0, 0.1) is 0 Å². The molecular weight excluding hydrogens is 383 g/mol. The first-order chi connectivity index (χ1) is 13.5. The summed E-state index contributed by atoms with van der Waals surface area (Å²) in [5.74, 6) is 0.713. The summed E-state index contributed by atoms with van der Waals surface area (Å²) in [6, 6.07) is 13.8. The van der Waals surface area contributed by atoms with Crippen molar-refractivity contribution in [1.29, 1.82) is 0 Å². The quantitative estimate of drug-likeness (QED) is 0.221. The van der Waals surface area contributed by atoms with Gasteiger partial charge in [-0.15, -0.1) is 0 Å². The van der Waals surface area contributed by atoms with E-state index in [1.807, 2.05) is 30.5 Å². The van der Waals surface area contributed by atoms with E-state index < -0.39 is 5.51 Å². The number of hydrogen-bond donors (Lipinski definition) is 0. The third-order valence-corrected chi connectivity index (χ3v) is 4.81. The summed E-state index contributed by atoms with van der Waals surface area (Å²) in [7, 11) is 0. The normalized spacial score (nSPS) is 11.9. The summed E-state index contributed by atoms with van der Waals surface area (Å²) in [4.78, 5) is 4.62. The largest absolute Gasteiger partial charge is 0.489 e. The molecule has 0 N–H and O–H groups in total. The molecule has 0 aliphatic rings. The Balaban J connectivity index is 1.73.